The molecule has 0 bridgehead atoms. The highest BCUT2D eigenvalue weighted by molar-refractivity contribution is 5.96. The Morgan fingerprint density at radius 1 is 1.17 bits per heavy atom. The van der Waals surface area contributed by atoms with Gasteiger partial charge in [-0.2, -0.15) is 0 Å². The predicted octanol–water partition coefficient (Wildman–Crippen LogP) is 5.54. The Bertz CT molecular complexity index is 837. The number of carbonyl (C=O) groups excluding carboxylic acids is 1. The van der Waals surface area contributed by atoms with Gasteiger partial charge in [-0.3, -0.25) is 9.59 Å². The number of hydrogen-bond acceptors (Lipinski definition) is 2. The fourth-order valence-corrected chi connectivity index (χ4v) is 6.40. The van der Waals surface area contributed by atoms with Gasteiger partial charge in [-0.1, -0.05) is 40.2 Å². The summed E-state index contributed by atoms with van der Waals surface area (Å²) >= 11 is 0. The molecule has 1 aromatic rings. The molecule has 0 heterocycles. The molecule has 3 unspecified atom stereocenters. The van der Waals surface area contributed by atoms with Gasteiger partial charge in [0.05, 0.1) is 6.42 Å². The van der Waals surface area contributed by atoms with Crippen molar-refractivity contribution in [1.82, 2.24) is 0 Å². The number of rotatable bonds is 3. The standard InChI is InChI=1S/C25H35NO3/c1-24(2,3)23(29)26-21-14-19-15(12-16(21)13-22(27)28)7-8-18-17(19)9-11-25(4)10-5-6-20(18)25/h12,14,17-18,20H,5-11,13H2,1-4H3,(H,26,29)(H,27,28)/t17?,18?,20?,25-/m0/s1. The number of nitrogens with one attached hydrogen (secondary N) is 1. The van der Waals surface area contributed by atoms with Crippen molar-refractivity contribution in [3.05, 3.63) is 28.8 Å². The number of aliphatic carboxylic acids is 1. The monoisotopic (exact) mass is 397 g/mol. The maximum atomic E-state index is 12.7. The van der Waals surface area contributed by atoms with Crippen molar-refractivity contribution < 1.29 is 14.7 Å². The number of carbonyl (C=O) groups is 2. The van der Waals surface area contributed by atoms with Crippen LogP contribution in [0.3, 0.4) is 0 Å². The maximum Gasteiger partial charge on any atom is 0.307 e. The molecule has 158 valence electrons. The summed E-state index contributed by atoms with van der Waals surface area (Å²) in [4.78, 5) is 24.1. The van der Waals surface area contributed by atoms with Crippen molar-refractivity contribution in [1.29, 1.82) is 0 Å². The normalized spacial score (nSPS) is 30.8. The van der Waals surface area contributed by atoms with Gasteiger partial charge in [0, 0.05) is 11.1 Å². The molecule has 0 aromatic heterocycles. The van der Waals surface area contributed by atoms with E-state index in [1.54, 1.807) is 0 Å². The van der Waals surface area contributed by atoms with Crippen LogP contribution in [0.15, 0.2) is 12.1 Å². The molecule has 0 saturated heterocycles. The first kappa shape index (κ1) is 20.4. The van der Waals surface area contributed by atoms with Crippen molar-refractivity contribution in [2.24, 2.45) is 22.7 Å². The Labute approximate surface area is 174 Å². The molecule has 0 spiro atoms. The summed E-state index contributed by atoms with van der Waals surface area (Å²) in [6.45, 7) is 8.16. The lowest BCUT2D eigenvalue weighted by atomic mass is 9.56. The molecule has 1 aromatic carbocycles. The molecule has 29 heavy (non-hydrogen) atoms. The van der Waals surface area contributed by atoms with E-state index in [-0.39, 0.29) is 12.3 Å². The molecular formula is C25H35NO3. The number of amides is 1. The number of hydrogen-bond donors (Lipinski definition) is 2. The van der Waals surface area contributed by atoms with Crippen LogP contribution in [0.5, 0.6) is 0 Å². The average Bonchev–Trinajstić information content (AvgIpc) is 3.02. The third kappa shape index (κ3) is 3.71. The summed E-state index contributed by atoms with van der Waals surface area (Å²) < 4.78 is 0. The van der Waals surface area contributed by atoms with Gasteiger partial charge < -0.3 is 10.4 Å². The minimum atomic E-state index is -0.857. The van der Waals surface area contributed by atoms with Crippen LogP contribution >= 0.6 is 0 Å². The molecule has 4 rings (SSSR count). The third-order valence-electron chi connectivity index (χ3n) is 8.00. The molecule has 4 nitrogen and oxygen atoms in total. The molecule has 4 heteroatoms. The van der Waals surface area contributed by atoms with E-state index in [9.17, 15) is 14.7 Å². The number of aryl methyl sites for hydroxylation is 1. The maximum absolute atomic E-state index is 12.7. The molecule has 3 aliphatic rings. The summed E-state index contributed by atoms with van der Waals surface area (Å²) in [6.07, 6.45) is 8.80. The highest BCUT2D eigenvalue weighted by Crippen LogP contribution is 2.61. The summed E-state index contributed by atoms with van der Waals surface area (Å²) in [5.41, 5.74) is 4.10. The van der Waals surface area contributed by atoms with Crippen LogP contribution in [0.1, 0.15) is 88.8 Å². The van der Waals surface area contributed by atoms with Crippen molar-refractivity contribution in [2.75, 3.05) is 5.32 Å². The SMILES string of the molecule is CC(C)(C)C(=O)Nc1cc2c(cc1CC(=O)O)CCC1C2CC[C@]2(C)CCCC12. The van der Waals surface area contributed by atoms with Crippen molar-refractivity contribution in [3.63, 3.8) is 0 Å². The number of fused-ring (bicyclic) bond motifs is 5. The average molecular weight is 398 g/mol. The highest BCUT2D eigenvalue weighted by atomic mass is 16.4. The molecule has 0 aliphatic heterocycles. The zero-order valence-corrected chi connectivity index (χ0v) is 18.3. The second-order valence-electron chi connectivity index (χ2n) is 11.0. The van der Waals surface area contributed by atoms with Crippen LogP contribution in [0.4, 0.5) is 5.69 Å². The fourth-order valence-electron chi connectivity index (χ4n) is 6.40. The first-order valence-corrected chi connectivity index (χ1v) is 11.3. The number of carboxylic acids is 1. The largest absolute Gasteiger partial charge is 0.481 e. The van der Waals surface area contributed by atoms with Crippen LogP contribution in [-0.2, 0) is 22.4 Å². The van der Waals surface area contributed by atoms with Crippen LogP contribution in [-0.4, -0.2) is 17.0 Å². The van der Waals surface area contributed by atoms with E-state index in [4.69, 9.17) is 0 Å². The zero-order chi connectivity index (χ0) is 21.0. The summed E-state index contributed by atoms with van der Waals surface area (Å²) in [7, 11) is 0. The lowest BCUT2D eigenvalue weighted by Gasteiger charge is -2.49. The Kier molecular flexibility index (Phi) is 5.03. The lowest BCUT2D eigenvalue weighted by Crippen LogP contribution is -2.39. The predicted molar refractivity (Wildman–Crippen MR) is 115 cm³/mol. The van der Waals surface area contributed by atoms with Gasteiger partial charge in [-0.05, 0) is 84.5 Å². The molecule has 2 saturated carbocycles. The van der Waals surface area contributed by atoms with Gasteiger partial charge in [0.15, 0.2) is 0 Å². The second kappa shape index (κ2) is 7.14. The van der Waals surface area contributed by atoms with Crippen molar-refractivity contribution in [2.45, 2.75) is 85.0 Å². The molecule has 1 amide bonds. The Morgan fingerprint density at radius 2 is 1.93 bits per heavy atom. The third-order valence-corrected chi connectivity index (χ3v) is 8.00. The molecule has 3 aliphatic carbocycles. The van der Waals surface area contributed by atoms with Crippen molar-refractivity contribution in [3.8, 4) is 0 Å². The number of carboxylic acid groups (broad SMARTS) is 1. The lowest BCUT2D eigenvalue weighted by molar-refractivity contribution is -0.136. The summed E-state index contributed by atoms with van der Waals surface area (Å²) in [5, 5.41) is 12.4. The molecule has 2 N–H and O–H groups in total. The summed E-state index contributed by atoms with van der Waals surface area (Å²) in [6, 6.07) is 4.20. The van der Waals surface area contributed by atoms with E-state index in [0.29, 0.717) is 17.0 Å². The Morgan fingerprint density at radius 3 is 2.62 bits per heavy atom. The van der Waals surface area contributed by atoms with E-state index >= 15 is 0 Å². The minimum Gasteiger partial charge on any atom is -0.481 e. The quantitative estimate of drug-likeness (QED) is 0.703. The van der Waals surface area contributed by atoms with E-state index in [1.165, 1.54) is 49.7 Å². The van der Waals surface area contributed by atoms with E-state index in [0.717, 1.165) is 23.8 Å². The molecule has 2 fully saturated rings. The molecular weight excluding hydrogens is 362 g/mol. The smallest absolute Gasteiger partial charge is 0.307 e. The van der Waals surface area contributed by atoms with Crippen LogP contribution in [0, 0.1) is 22.7 Å². The zero-order valence-electron chi connectivity index (χ0n) is 18.3. The number of anilines is 1. The van der Waals surface area contributed by atoms with E-state index in [2.05, 4.69) is 24.4 Å². The van der Waals surface area contributed by atoms with E-state index < -0.39 is 11.4 Å². The van der Waals surface area contributed by atoms with Crippen LogP contribution in [0.25, 0.3) is 0 Å². The fraction of sp³-hybridized carbons (Fsp3) is 0.680. The first-order valence-electron chi connectivity index (χ1n) is 11.3. The van der Waals surface area contributed by atoms with Gasteiger partial charge in [0.1, 0.15) is 0 Å². The van der Waals surface area contributed by atoms with Gasteiger partial charge in [0.2, 0.25) is 5.91 Å². The number of benzene rings is 1. The van der Waals surface area contributed by atoms with E-state index in [1.807, 2.05) is 20.8 Å². The van der Waals surface area contributed by atoms with Crippen LogP contribution in [0.2, 0.25) is 0 Å². The van der Waals surface area contributed by atoms with Gasteiger partial charge in [-0.15, -0.1) is 0 Å². The molecule has 0 radical (unpaired) electrons. The van der Waals surface area contributed by atoms with Crippen LogP contribution < -0.4 is 5.32 Å². The van der Waals surface area contributed by atoms with Gasteiger partial charge >= 0.3 is 5.97 Å². The Hall–Kier alpha value is -1.84. The van der Waals surface area contributed by atoms with Gasteiger partial charge in [-0.25, -0.2) is 0 Å². The Balaban J connectivity index is 1.71. The van der Waals surface area contributed by atoms with Gasteiger partial charge in [0.25, 0.3) is 0 Å². The van der Waals surface area contributed by atoms with Crippen molar-refractivity contribution >= 4 is 17.6 Å². The highest BCUT2D eigenvalue weighted by Gasteiger charge is 2.50. The molecule has 4 atom stereocenters. The second-order valence-corrected chi connectivity index (χ2v) is 11.0. The summed E-state index contributed by atoms with van der Waals surface area (Å²) in [5.74, 6) is 1.19. The topological polar surface area (TPSA) is 66.4 Å². The first-order chi connectivity index (χ1) is 13.6. The minimum absolute atomic E-state index is 0.0537.